The van der Waals surface area contributed by atoms with E-state index in [1.54, 1.807) is 0 Å². The molecule has 2 aliphatic rings. The lowest BCUT2D eigenvalue weighted by molar-refractivity contribution is 0.102. The largest absolute Gasteiger partial charge is 0.393 e. The van der Waals surface area contributed by atoms with Gasteiger partial charge in [0.1, 0.15) is 12.2 Å². The van der Waals surface area contributed by atoms with Gasteiger partial charge in [0, 0.05) is 13.2 Å². The zero-order valence-electron chi connectivity index (χ0n) is 13.7. The topological polar surface area (TPSA) is 73.0 Å². The molecule has 0 radical (unpaired) electrons. The molecule has 0 spiro atoms. The summed E-state index contributed by atoms with van der Waals surface area (Å²) in [6.45, 7) is 12.2. The van der Waals surface area contributed by atoms with Gasteiger partial charge in [-0.1, -0.05) is 6.92 Å². The predicted octanol–water partition coefficient (Wildman–Crippen LogP) is 1.24. The third-order valence-electron chi connectivity index (χ3n) is 3.27. The van der Waals surface area contributed by atoms with Gasteiger partial charge in [-0.15, -0.1) is 0 Å². The van der Waals surface area contributed by atoms with E-state index in [1.165, 1.54) is 0 Å². The minimum atomic E-state index is -2.30. The van der Waals surface area contributed by atoms with E-state index in [0.29, 0.717) is 31.8 Å². The third-order valence-corrected chi connectivity index (χ3v) is 6.61. The molecule has 21 heavy (non-hydrogen) atoms. The van der Waals surface area contributed by atoms with Crippen molar-refractivity contribution in [2.75, 3.05) is 39.6 Å². The molecule has 7 heteroatoms. The molecule has 0 bridgehead atoms. The van der Waals surface area contributed by atoms with Crippen LogP contribution in [0.3, 0.4) is 0 Å². The first-order valence-corrected chi connectivity index (χ1v) is 10.2. The van der Waals surface area contributed by atoms with Crippen LogP contribution in [-0.2, 0) is 23.1 Å². The van der Waals surface area contributed by atoms with E-state index in [4.69, 9.17) is 23.1 Å². The molecule has 0 amide bonds. The zero-order chi connectivity index (χ0) is 15.7. The number of ether oxygens (including phenoxy) is 3. The fourth-order valence-corrected chi connectivity index (χ4v) is 4.19. The Morgan fingerprint density at radius 1 is 1.05 bits per heavy atom. The van der Waals surface area contributed by atoms with Crippen LogP contribution >= 0.6 is 0 Å². The lowest BCUT2D eigenvalue weighted by Gasteiger charge is -2.29. The Morgan fingerprint density at radius 2 is 1.48 bits per heavy atom. The molecule has 0 aromatic rings. The molecule has 2 aliphatic heterocycles. The van der Waals surface area contributed by atoms with Crippen molar-refractivity contribution in [1.82, 2.24) is 0 Å². The third kappa shape index (κ3) is 8.25. The number of rotatable bonds is 10. The summed E-state index contributed by atoms with van der Waals surface area (Å²) in [4.78, 5) is 0. The molecule has 3 atom stereocenters. The Morgan fingerprint density at radius 3 is 1.76 bits per heavy atom. The summed E-state index contributed by atoms with van der Waals surface area (Å²) in [5.41, 5.74) is -0.419. The van der Waals surface area contributed by atoms with Crippen LogP contribution in [0.15, 0.2) is 0 Å². The van der Waals surface area contributed by atoms with E-state index in [2.05, 4.69) is 0 Å². The summed E-state index contributed by atoms with van der Waals surface area (Å²) in [5.74, 6) is 0. The molecule has 126 valence electrons. The van der Waals surface area contributed by atoms with Crippen molar-refractivity contribution < 1.29 is 28.2 Å². The van der Waals surface area contributed by atoms with Crippen molar-refractivity contribution in [2.24, 2.45) is 0 Å². The maximum atomic E-state index is 9.65. The van der Waals surface area contributed by atoms with Gasteiger partial charge in [0.15, 0.2) is 0 Å². The first-order valence-electron chi connectivity index (χ1n) is 7.82. The minimum absolute atomic E-state index is 0.392. The van der Waals surface area contributed by atoms with E-state index >= 15 is 0 Å². The average Bonchev–Trinajstić information content (AvgIpc) is 3.34. The summed E-state index contributed by atoms with van der Waals surface area (Å²) < 4.78 is 26.1. The van der Waals surface area contributed by atoms with Gasteiger partial charge < -0.3 is 28.2 Å². The second-order valence-corrected chi connectivity index (χ2v) is 8.53. The van der Waals surface area contributed by atoms with Crippen molar-refractivity contribution in [3.05, 3.63) is 0 Å². The van der Waals surface area contributed by atoms with Crippen LogP contribution in [0, 0.1) is 0 Å². The second-order valence-electron chi connectivity index (χ2n) is 5.25. The van der Waals surface area contributed by atoms with Crippen molar-refractivity contribution in [2.45, 2.75) is 51.7 Å². The van der Waals surface area contributed by atoms with Crippen molar-refractivity contribution in [3.8, 4) is 0 Å². The van der Waals surface area contributed by atoms with Crippen molar-refractivity contribution in [1.29, 1.82) is 0 Å². The van der Waals surface area contributed by atoms with Gasteiger partial charge >= 0.3 is 8.56 Å². The lowest BCUT2D eigenvalue weighted by atomic mass is 10.5. The van der Waals surface area contributed by atoms with E-state index in [-0.39, 0.29) is 0 Å². The molecule has 2 saturated heterocycles. The van der Waals surface area contributed by atoms with Crippen LogP contribution in [0.5, 0.6) is 0 Å². The fourth-order valence-electron chi connectivity index (χ4n) is 1.84. The standard InChI is InChI=1S/C8H20O3Si.C6H10O3/c1-5-8(9)12(4,10-6-2)11-7-3;1(5-3-8-5)7-2-6-4-9-6/h8-9H,5-7H2,1-4H3;5-6H,1-4H2. The Balaban J connectivity index is 0.000000216. The zero-order valence-corrected chi connectivity index (χ0v) is 14.7. The van der Waals surface area contributed by atoms with Gasteiger partial charge in [0.2, 0.25) is 0 Å². The molecule has 2 rings (SSSR count). The van der Waals surface area contributed by atoms with Crippen molar-refractivity contribution in [3.63, 3.8) is 0 Å². The number of epoxide rings is 2. The predicted molar refractivity (Wildman–Crippen MR) is 81.5 cm³/mol. The highest BCUT2D eigenvalue weighted by Gasteiger charge is 2.38. The number of aliphatic hydroxyl groups excluding tert-OH is 1. The monoisotopic (exact) mass is 322 g/mol. The normalized spacial score (nSPS) is 25.0. The molecule has 0 aliphatic carbocycles. The molecular formula is C14H30O6Si. The highest BCUT2D eigenvalue weighted by molar-refractivity contribution is 6.67. The summed E-state index contributed by atoms with van der Waals surface area (Å²) in [7, 11) is -2.30. The van der Waals surface area contributed by atoms with Crippen LogP contribution in [0.4, 0.5) is 0 Å². The quantitative estimate of drug-likeness (QED) is 0.482. The van der Waals surface area contributed by atoms with Gasteiger partial charge in [-0.2, -0.15) is 0 Å². The maximum absolute atomic E-state index is 9.65. The molecule has 1 N–H and O–H groups in total. The number of hydrogen-bond acceptors (Lipinski definition) is 6. The highest BCUT2D eigenvalue weighted by atomic mass is 28.4. The molecule has 3 unspecified atom stereocenters. The fraction of sp³-hybridized carbons (Fsp3) is 1.00. The van der Waals surface area contributed by atoms with Crippen LogP contribution in [0.2, 0.25) is 6.55 Å². The van der Waals surface area contributed by atoms with Crippen LogP contribution in [0.1, 0.15) is 27.2 Å². The molecule has 0 saturated carbocycles. The van der Waals surface area contributed by atoms with Gasteiger partial charge in [0.05, 0.1) is 32.2 Å². The molecule has 0 aromatic heterocycles. The molecular weight excluding hydrogens is 292 g/mol. The summed E-state index contributed by atoms with van der Waals surface area (Å²) in [6.07, 6.45) is 1.48. The maximum Gasteiger partial charge on any atom is 0.364 e. The van der Waals surface area contributed by atoms with E-state index in [0.717, 1.165) is 26.4 Å². The second kappa shape index (κ2) is 9.89. The Hall–Kier alpha value is -0.0231. The van der Waals surface area contributed by atoms with Gasteiger partial charge in [-0.3, -0.25) is 0 Å². The lowest BCUT2D eigenvalue weighted by Crippen LogP contribution is -2.50. The Labute approximate surface area is 128 Å². The first-order chi connectivity index (χ1) is 10.1. The molecule has 2 heterocycles. The van der Waals surface area contributed by atoms with Crippen LogP contribution in [-0.4, -0.2) is 71.2 Å². The Kier molecular flexibility index (Phi) is 8.96. The minimum Gasteiger partial charge on any atom is -0.393 e. The molecule has 0 aromatic carbocycles. The number of hydrogen-bond donors (Lipinski definition) is 1. The van der Waals surface area contributed by atoms with Gasteiger partial charge in [-0.25, -0.2) is 0 Å². The van der Waals surface area contributed by atoms with Crippen LogP contribution < -0.4 is 0 Å². The first kappa shape index (κ1) is 19.0. The summed E-state index contributed by atoms with van der Waals surface area (Å²) in [6, 6.07) is 0. The molecule has 2 fully saturated rings. The van der Waals surface area contributed by atoms with E-state index < -0.39 is 14.3 Å². The van der Waals surface area contributed by atoms with Gasteiger partial charge in [-0.05, 0) is 26.8 Å². The van der Waals surface area contributed by atoms with Crippen molar-refractivity contribution >= 4 is 8.56 Å². The highest BCUT2D eigenvalue weighted by Crippen LogP contribution is 2.15. The average molecular weight is 322 g/mol. The summed E-state index contributed by atoms with van der Waals surface area (Å²) in [5, 5.41) is 9.65. The number of aliphatic hydroxyl groups is 1. The SMILES string of the molecule is C(OCC1CO1)C1CO1.CCO[Si](C)(OCC)C(O)CC. The van der Waals surface area contributed by atoms with E-state index in [9.17, 15) is 5.11 Å². The smallest absolute Gasteiger partial charge is 0.364 e. The van der Waals surface area contributed by atoms with Gasteiger partial charge in [0.25, 0.3) is 0 Å². The van der Waals surface area contributed by atoms with Crippen LogP contribution in [0.25, 0.3) is 0 Å². The van der Waals surface area contributed by atoms with E-state index in [1.807, 2.05) is 27.3 Å². The molecule has 6 nitrogen and oxygen atoms in total. The Bertz CT molecular complexity index is 252. The summed E-state index contributed by atoms with van der Waals surface area (Å²) >= 11 is 0.